The molecule has 0 nitrogen and oxygen atoms in total. The van der Waals surface area contributed by atoms with Gasteiger partial charge in [0.2, 0.25) is 0 Å². The number of unbranched alkanes of at least 4 members (excludes halogenated alkanes) is 1. The first-order valence-corrected chi connectivity index (χ1v) is 8.05. The molecule has 0 aromatic heterocycles. The maximum atomic E-state index is 2.36. The van der Waals surface area contributed by atoms with Crippen molar-refractivity contribution in [3.05, 3.63) is 11.1 Å². The van der Waals surface area contributed by atoms with Gasteiger partial charge in [-0.15, -0.1) is 0 Å². The van der Waals surface area contributed by atoms with Crippen molar-refractivity contribution in [3.8, 4) is 0 Å². The highest BCUT2D eigenvalue weighted by molar-refractivity contribution is 5.31. The summed E-state index contributed by atoms with van der Waals surface area (Å²) in [6.07, 6.45) is 17.9. The molecule has 2 fully saturated rings. The van der Waals surface area contributed by atoms with Gasteiger partial charge in [0.1, 0.15) is 0 Å². The summed E-state index contributed by atoms with van der Waals surface area (Å²) < 4.78 is 0. The fraction of sp³-hybridized carbons (Fsp3) is 0.882. The van der Waals surface area contributed by atoms with Crippen LogP contribution < -0.4 is 0 Å². The maximum Gasteiger partial charge on any atom is -0.00853 e. The van der Waals surface area contributed by atoms with E-state index in [-0.39, 0.29) is 0 Å². The summed E-state index contributed by atoms with van der Waals surface area (Å²) in [6, 6.07) is 0. The van der Waals surface area contributed by atoms with Crippen molar-refractivity contribution in [1.82, 2.24) is 0 Å². The summed E-state index contributed by atoms with van der Waals surface area (Å²) in [5.41, 5.74) is 4.61. The average Bonchev–Trinajstić information content (AvgIpc) is 3.00. The topological polar surface area (TPSA) is 0 Å². The minimum absolute atomic E-state index is 0.693. The molecule has 17 heavy (non-hydrogen) atoms. The zero-order valence-electron chi connectivity index (χ0n) is 11.6. The monoisotopic (exact) mass is 232 g/mol. The van der Waals surface area contributed by atoms with Crippen molar-refractivity contribution in [3.63, 3.8) is 0 Å². The SMILES string of the molecule is CCCCC1(C2=C3CCC(C3)C2)CCCCC1. The summed E-state index contributed by atoms with van der Waals surface area (Å²) in [4.78, 5) is 0. The molecule has 2 bridgehead atoms. The Morgan fingerprint density at radius 1 is 1.12 bits per heavy atom. The summed E-state index contributed by atoms with van der Waals surface area (Å²) >= 11 is 0. The normalized spacial score (nSPS) is 31.2. The maximum absolute atomic E-state index is 2.36. The standard InChI is InChI=1S/C17H28/c1-2-3-9-17(10-5-4-6-11-17)16-13-14-7-8-15(16)12-14/h14H,2-13H2,1H3. The van der Waals surface area contributed by atoms with E-state index in [0.717, 1.165) is 5.92 Å². The Labute approximate surface area is 107 Å². The molecule has 0 amide bonds. The number of hydrogen-bond donors (Lipinski definition) is 0. The van der Waals surface area contributed by atoms with Gasteiger partial charge in [0.05, 0.1) is 0 Å². The minimum atomic E-state index is 0.693. The third kappa shape index (κ3) is 2.09. The Bertz CT molecular complexity index is 304. The van der Waals surface area contributed by atoms with Crippen LogP contribution in [0, 0.1) is 11.3 Å². The number of allylic oxidation sites excluding steroid dienone is 2. The molecule has 1 unspecified atom stereocenters. The van der Waals surface area contributed by atoms with Gasteiger partial charge in [-0.2, -0.15) is 0 Å². The molecule has 0 aliphatic heterocycles. The predicted octanol–water partition coefficient (Wildman–Crippen LogP) is 5.63. The van der Waals surface area contributed by atoms with Gasteiger partial charge in [-0.3, -0.25) is 0 Å². The molecule has 96 valence electrons. The molecule has 0 spiro atoms. The Morgan fingerprint density at radius 2 is 1.94 bits per heavy atom. The van der Waals surface area contributed by atoms with E-state index < -0.39 is 0 Å². The molecule has 3 rings (SSSR count). The molecule has 2 saturated carbocycles. The van der Waals surface area contributed by atoms with Gasteiger partial charge >= 0.3 is 0 Å². The van der Waals surface area contributed by atoms with E-state index in [4.69, 9.17) is 0 Å². The number of fused-ring (bicyclic) bond motifs is 2. The second kappa shape index (κ2) is 4.78. The second-order valence-electron chi connectivity index (χ2n) is 6.84. The van der Waals surface area contributed by atoms with E-state index in [9.17, 15) is 0 Å². The smallest absolute Gasteiger partial charge is 0.00853 e. The molecule has 0 N–H and O–H groups in total. The molecular weight excluding hydrogens is 204 g/mol. The molecule has 0 aromatic carbocycles. The van der Waals surface area contributed by atoms with Crippen LogP contribution in [0.5, 0.6) is 0 Å². The van der Waals surface area contributed by atoms with Gasteiger partial charge in [0, 0.05) is 0 Å². The lowest BCUT2D eigenvalue weighted by molar-refractivity contribution is 0.205. The lowest BCUT2D eigenvalue weighted by Crippen LogP contribution is -2.27. The van der Waals surface area contributed by atoms with Gasteiger partial charge in [-0.25, -0.2) is 0 Å². The van der Waals surface area contributed by atoms with Gasteiger partial charge < -0.3 is 0 Å². The first kappa shape index (κ1) is 11.8. The van der Waals surface area contributed by atoms with Crippen LogP contribution in [0.25, 0.3) is 0 Å². The van der Waals surface area contributed by atoms with E-state index in [0.29, 0.717) is 5.41 Å². The van der Waals surface area contributed by atoms with Crippen LogP contribution in [-0.2, 0) is 0 Å². The fourth-order valence-corrected chi connectivity index (χ4v) is 4.85. The molecule has 0 aromatic rings. The van der Waals surface area contributed by atoms with Crippen molar-refractivity contribution < 1.29 is 0 Å². The highest BCUT2D eigenvalue weighted by Gasteiger charge is 2.42. The van der Waals surface area contributed by atoms with E-state index >= 15 is 0 Å². The summed E-state index contributed by atoms with van der Waals surface area (Å²) in [5.74, 6) is 1.07. The zero-order chi connectivity index (χ0) is 11.7. The Hall–Kier alpha value is -0.260. The lowest BCUT2D eigenvalue weighted by Gasteiger charge is -2.41. The Balaban J connectivity index is 1.83. The van der Waals surface area contributed by atoms with Gasteiger partial charge in [-0.1, -0.05) is 50.2 Å². The first-order chi connectivity index (χ1) is 8.34. The van der Waals surface area contributed by atoms with Crippen LogP contribution >= 0.6 is 0 Å². The van der Waals surface area contributed by atoms with Crippen LogP contribution in [0.2, 0.25) is 0 Å². The van der Waals surface area contributed by atoms with Crippen LogP contribution in [0.3, 0.4) is 0 Å². The van der Waals surface area contributed by atoms with Gasteiger partial charge in [-0.05, 0) is 56.3 Å². The van der Waals surface area contributed by atoms with Crippen LogP contribution in [0.15, 0.2) is 11.1 Å². The molecule has 3 aliphatic rings. The average molecular weight is 232 g/mol. The van der Waals surface area contributed by atoms with E-state index in [1.807, 2.05) is 11.1 Å². The van der Waals surface area contributed by atoms with Gasteiger partial charge in [0.25, 0.3) is 0 Å². The molecule has 1 atom stereocenters. The quantitative estimate of drug-likeness (QED) is 0.551. The molecule has 0 heteroatoms. The molecular formula is C17H28. The van der Waals surface area contributed by atoms with Crippen LogP contribution in [0.1, 0.15) is 84.0 Å². The fourth-order valence-electron chi connectivity index (χ4n) is 4.85. The second-order valence-corrected chi connectivity index (χ2v) is 6.84. The van der Waals surface area contributed by atoms with Crippen LogP contribution in [0.4, 0.5) is 0 Å². The predicted molar refractivity (Wildman–Crippen MR) is 74.0 cm³/mol. The van der Waals surface area contributed by atoms with E-state index in [2.05, 4.69) is 6.92 Å². The molecule has 0 saturated heterocycles. The Kier molecular flexibility index (Phi) is 3.32. The van der Waals surface area contributed by atoms with E-state index in [1.165, 1.54) is 77.0 Å². The van der Waals surface area contributed by atoms with Crippen molar-refractivity contribution in [2.45, 2.75) is 84.0 Å². The highest BCUT2D eigenvalue weighted by Crippen LogP contribution is 2.56. The third-order valence-electron chi connectivity index (χ3n) is 5.77. The van der Waals surface area contributed by atoms with Crippen molar-refractivity contribution in [2.24, 2.45) is 11.3 Å². The third-order valence-corrected chi connectivity index (χ3v) is 5.77. The largest absolute Gasteiger partial charge is 0.0701 e. The Morgan fingerprint density at radius 3 is 2.53 bits per heavy atom. The molecule has 0 heterocycles. The summed E-state index contributed by atoms with van der Waals surface area (Å²) in [6.45, 7) is 2.36. The zero-order valence-corrected chi connectivity index (χ0v) is 11.6. The van der Waals surface area contributed by atoms with Gasteiger partial charge in [0.15, 0.2) is 0 Å². The van der Waals surface area contributed by atoms with E-state index in [1.54, 1.807) is 0 Å². The van der Waals surface area contributed by atoms with Crippen LogP contribution in [-0.4, -0.2) is 0 Å². The minimum Gasteiger partial charge on any atom is -0.0701 e. The molecule has 0 radical (unpaired) electrons. The van der Waals surface area contributed by atoms with Crippen molar-refractivity contribution in [2.75, 3.05) is 0 Å². The number of rotatable bonds is 4. The lowest BCUT2D eigenvalue weighted by atomic mass is 9.64. The molecule has 3 aliphatic carbocycles. The van der Waals surface area contributed by atoms with Crippen molar-refractivity contribution in [1.29, 1.82) is 0 Å². The summed E-state index contributed by atoms with van der Waals surface area (Å²) in [5, 5.41) is 0. The number of hydrogen-bond acceptors (Lipinski definition) is 0. The first-order valence-electron chi connectivity index (χ1n) is 8.05. The highest BCUT2D eigenvalue weighted by atomic mass is 14.5. The summed E-state index contributed by atoms with van der Waals surface area (Å²) in [7, 11) is 0. The van der Waals surface area contributed by atoms with Crippen molar-refractivity contribution >= 4 is 0 Å².